The Bertz CT molecular complexity index is 806. The van der Waals surface area contributed by atoms with E-state index >= 15 is 0 Å². The zero-order chi connectivity index (χ0) is 19.5. The Balaban J connectivity index is 2.20. The van der Waals surface area contributed by atoms with Crippen molar-refractivity contribution in [1.82, 2.24) is 9.62 Å². The van der Waals surface area contributed by atoms with Crippen molar-refractivity contribution in [1.29, 1.82) is 0 Å². The number of aliphatic carboxylic acids is 1. The predicted molar refractivity (Wildman–Crippen MR) is 91.5 cm³/mol. The molecule has 1 aromatic rings. The molecule has 1 aliphatic heterocycles. The minimum Gasteiger partial charge on any atom is -0.480 e. The summed E-state index contributed by atoms with van der Waals surface area (Å²) in [4.78, 5) is 34.6. The molecule has 142 valence electrons. The van der Waals surface area contributed by atoms with Gasteiger partial charge >= 0.3 is 5.97 Å². The van der Waals surface area contributed by atoms with Gasteiger partial charge in [-0.3, -0.25) is 9.59 Å². The molecule has 9 nitrogen and oxygen atoms in total. The summed E-state index contributed by atoms with van der Waals surface area (Å²) in [5, 5.41) is 11.3. The maximum absolute atomic E-state index is 12.8. The van der Waals surface area contributed by atoms with Crippen LogP contribution in [0.3, 0.4) is 0 Å². The molecule has 1 aliphatic rings. The fourth-order valence-corrected chi connectivity index (χ4v) is 4.46. The van der Waals surface area contributed by atoms with Gasteiger partial charge in [-0.25, -0.2) is 13.2 Å². The first-order chi connectivity index (χ1) is 12.1. The average molecular weight is 383 g/mol. The molecule has 1 aromatic carbocycles. The number of amides is 2. The zero-order valence-corrected chi connectivity index (χ0v) is 15.0. The van der Waals surface area contributed by atoms with E-state index in [1.165, 1.54) is 12.1 Å². The van der Waals surface area contributed by atoms with Crippen molar-refractivity contribution in [3.8, 4) is 0 Å². The standard InChI is InChI=1S/C16H21N3O6S/c1-10-4-6-11(7-5-10)26(24,25)19-8-2-3-13(19)15(21)18-12(16(22)23)9-14(17)20/h4-7,12-13H,2-3,8-9H2,1H3,(H2,17,20)(H,18,21)(H,22,23). The number of carbonyl (C=O) groups excluding carboxylic acids is 2. The van der Waals surface area contributed by atoms with E-state index in [2.05, 4.69) is 5.32 Å². The van der Waals surface area contributed by atoms with Crippen LogP contribution in [0.1, 0.15) is 24.8 Å². The molecule has 1 heterocycles. The van der Waals surface area contributed by atoms with Gasteiger partial charge in [-0.2, -0.15) is 4.31 Å². The first-order valence-corrected chi connectivity index (χ1v) is 9.47. The van der Waals surface area contributed by atoms with Crippen LogP contribution in [0.4, 0.5) is 0 Å². The molecule has 26 heavy (non-hydrogen) atoms. The molecule has 10 heteroatoms. The highest BCUT2D eigenvalue weighted by Crippen LogP contribution is 2.26. The lowest BCUT2D eigenvalue weighted by Gasteiger charge is -2.24. The molecule has 0 radical (unpaired) electrons. The third-order valence-corrected chi connectivity index (χ3v) is 6.08. The Morgan fingerprint density at radius 2 is 1.92 bits per heavy atom. The lowest BCUT2D eigenvalue weighted by Crippen LogP contribution is -2.51. The topological polar surface area (TPSA) is 147 Å². The summed E-state index contributed by atoms with van der Waals surface area (Å²) in [5.41, 5.74) is 5.88. The number of carboxylic acids is 1. The normalized spacial score (nSPS) is 19.0. The van der Waals surface area contributed by atoms with E-state index in [9.17, 15) is 22.8 Å². The highest BCUT2D eigenvalue weighted by Gasteiger charge is 2.40. The third kappa shape index (κ3) is 4.38. The van der Waals surface area contributed by atoms with Crippen LogP contribution in [0.2, 0.25) is 0 Å². The molecular weight excluding hydrogens is 362 g/mol. The van der Waals surface area contributed by atoms with E-state index in [-0.39, 0.29) is 17.9 Å². The first-order valence-electron chi connectivity index (χ1n) is 8.03. The Morgan fingerprint density at radius 3 is 2.46 bits per heavy atom. The van der Waals surface area contributed by atoms with Crippen LogP contribution in [-0.4, -0.2) is 54.2 Å². The van der Waals surface area contributed by atoms with Crippen molar-refractivity contribution < 1.29 is 27.9 Å². The molecular formula is C16H21N3O6S. The lowest BCUT2D eigenvalue weighted by atomic mass is 10.1. The SMILES string of the molecule is Cc1ccc(S(=O)(=O)N2CCCC2C(=O)NC(CC(N)=O)C(=O)O)cc1. The van der Waals surface area contributed by atoms with Crippen molar-refractivity contribution in [3.05, 3.63) is 29.8 Å². The Labute approximate surface area is 151 Å². The molecule has 2 atom stereocenters. The largest absolute Gasteiger partial charge is 0.480 e. The number of rotatable bonds is 7. The van der Waals surface area contributed by atoms with Crippen molar-refractivity contribution in [3.63, 3.8) is 0 Å². The van der Waals surface area contributed by atoms with Gasteiger partial charge in [-0.1, -0.05) is 17.7 Å². The van der Waals surface area contributed by atoms with Gasteiger partial charge in [0, 0.05) is 6.54 Å². The fraction of sp³-hybridized carbons (Fsp3) is 0.438. The van der Waals surface area contributed by atoms with Crippen LogP contribution < -0.4 is 11.1 Å². The molecule has 1 fully saturated rings. The van der Waals surface area contributed by atoms with E-state index in [1.54, 1.807) is 12.1 Å². The van der Waals surface area contributed by atoms with Gasteiger partial charge in [0.25, 0.3) is 0 Å². The highest BCUT2D eigenvalue weighted by atomic mass is 32.2. The van der Waals surface area contributed by atoms with Crippen LogP contribution in [0.5, 0.6) is 0 Å². The van der Waals surface area contributed by atoms with Gasteiger partial charge in [0.15, 0.2) is 0 Å². The summed E-state index contributed by atoms with van der Waals surface area (Å²) < 4.78 is 26.7. The van der Waals surface area contributed by atoms with Crippen LogP contribution in [-0.2, 0) is 24.4 Å². The molecule has 0 saturated carbocycles. The number of hydrogen-bond donors (Lipinski definition) is 3. The van der Waals surface area contributed by atoms with E-state index in [1.807, 2.05) is 6.92 Å². The number of hydrogen-bond acceptors (Lipinski definition) is 5. The van der Waals surface area contributed by atoms with Crippen LogP contribution in [0.25, 0.3) is 0 Å². The molecule has 0 aliphatic carbocycles. The summed E-state index contributed by atoms with van der Waals surface area (Å²) >= 11 is 0. The Kier molecular flexibility index (Phi) is 5.98. The number of nitrogens with one attached hydrogen (secondary N) is 1. The number of carbonyl (C=O) groups is 3. The van der Waals surface area contributed by atoms with E-state index in [4.69, 9.17) is 10.8 Å². The van der Waals surface area contributed by atoms with Gasteiger partial charge in [-0.15, -0.1) is 0 Å². The highest BCUT2D eigenvalue weighted by molar-refractivity contribution is 7.89. The minimum atomic E-state index is -3.90. The van der Waals surface area contributed by atoms with Crippen molar-refractivity contribution in [2.24, 2.45) is 5.73 Å². The molecule has 0 spiro atoms. The summed E-state index contributed by atoms with van der Waals surface area (Å²) in [6.45, 7) is 1.98. The summed E-state index contributed by atoms with van der Waals surface area (Å²) in [7, 11) is -3.90. The monoisotopic (exact) mass is 383 g/mol. The second kappa shape index (κ2) is 7.83. The second-order valence-corrected chi connectivity index (χ2v) is 8.05. The Hall–Kier alpha value is -2.46. The van der Waals surface area contributed by atoms with Crippen molar-refractivity contribution in [2.75, 3.05) is 6.54 Å². The quantitative estimate of drug-likeness (QED) is 0.583. The van der Waals surface area contributed by atoms with Crippen LogP contribution >= 0.6 is 0 Å². The molecule has 4 N–H and O–H groups in total. The van der Waals surface area contributed by atoms with Gasteiger partial charge in [0.2, 0.25) is 21.8 Å². The third-order valence-electron chi connectivity index (χ3n) is 4.15. The summed E-state index contributed by atoms with van der Waals surface area (Å²) in [6.07, 6.45) is 0.162. The molecule has 0 bridgehead atoms. The number of nitrogens with two attached hydrogens (primary N) is 1. The van der Waals surface area contributed by atoms with Crippen LogP contribution in [0, 0.1) is 6.92 Å². The van der Waals surface area contributed by atoms with E-state index in [0.717, 1.165) is 9.87 Å². The number of aryl methyl sites for hydroxylation is 1. The maximum atomic E-state index is 12.8. The fourth-order valence-electron chi connectivity index (χ4n) is 2.80. The lowest BCUT2D eigenvalue weighted by molar-refractivity contribution is -0.143. The van der Waals surface area contributed by atoms with E-state index in [0.29, 0.717) is 6.42 Å². The maximum Gasteiger partial charge on any atom is 0.326 e. The van der Waals surface area contributed by atoms with Gasteiger partial charge in [-0.05, 0) is 31.9 Å². The average Bonchev–Trinajstić information content (AvgIpc) is 3.04. The zero-order valence-electron chi connectivity index (χ0n) is 14.2. The summed E-state index contributed by atoms with van der Waals surface area (Å²) in [6, 6.07) is 3.72. The van der Waals surface area contributed by atoms with E-state index < -0.39 is 46.3 Å². The molecule has 2 unspecified atom stereocenters. The molecule has 2 amide bonds. The van der Waals surface area contributed by atoms with Gasteiger partial charge in [0.1, 0.15) is 12.1 Å². The number of carboxylic acid groups (broad SMARTS) is 1. The second-order valence-electron chi connectivity index (χ2n) is 6.16. The van der Waals surface area contributed by atoms with Gasteiger partial charge < -0.3 is 16.2 Å². The number of primary amides is 1. The van der Waals surface area contributed by atoms with Gasteiger partial charge in [0.05, 0.1) is 11.3 Å². The first kappa shape index (κ1) is 19.9. The van der Waals surface area contributed by atoms with Crippen molar-refractivity contribution >= 4 is 27.8 Å². The molecule has 0 aromatic heterocycles. The number of nitrogens with zero attached hydrogens (tertiary/aromatic N) is 1. The summed E-state index contributed by atoms with van der Waals surface area (Å²) in [5.74, 6) is -3.05. The predicted octanol–water partition coefficient (Wildman–Crippen LogP) is -0.407. The number of sulfonamides is 1. The smallest absolute Gasteiger partial charge is 0.326 e. The number of benzene rings is 1. The Morgan fingerprint density at radius 1 is 1.31 bits per heavy atom. The van der Waals surface area contributed by atoms with Crippen molar-refractivity contribution in [2.45, 2.75) is 43.2 Å². The minimum absolute atomic E-state index is 0.0646. The molecule has 2 rings (SSSR count). The molecule has 1 saturated heterocycles. The van der Waals surface area contributed by atoms with Crippen LogP contribution in [0.15, 0.2) is 29.2 Å².